The van der Waals surface area contributed by atoms with Gasteiger partial charge in [-0.25, -0.2) is 0 Å². The quantitative estimate of drug-likeness (QED) is 0.904. The number of amides is 2. The molecule has 108 valence electrons. The van der Waals surface area contributed by atoms with Gasteiger partial charge in [-0.05, 0) is 31.2 Å². The molecule has 1 fully saturated rings. The van der Waals surface area contributed by atoms with Gasteiger partial charge in [-0.2, -0.15) is 0 Å². The normalized spacial score (nSPS) is 19.5. The Morgan fingerprint density at radius 2 is 2.05 bits per heavy atom. The van der Waals surface area contributed by atoms with Gasteiger partial charge < -0.3 is 15.0 Å². The minimum atomic E-state index is -0.0986. The van der Waals surface area contributed by atoms with E-state index in [2.05, 4.69) is 21.2 Å². The number of benzene rings is 1. The molecule has 1 saturated heterocycles. The summed E-state index contributed by atoms with van der Waals surface area (Å²) < 4.78 is 6.60. The monoisotopic (exact) mass is 340 g/mol. The van der Waals surface area contributed by atoms with Gasteiger partial charge >= 0.3 is 0 Å². The molecule has 0 saturated carbocycles. The number of ether oxygens (including phenoxy) is 1. The van der Waals surface area contributed by atoms with E-state index >= 15 is 0 Å². The topological polar surface area (TPSA) is 58.6 Å². The van der Waals surface area contributed by atoms with Crippen LogP contribution in [0.15, 0.2) is 28.7 Å². The SMILES string of the molecule is CC1CC(=O)NCC(=O)N1CCOc1ccc(Br)cc1. The van der Waals surface area contributed by atoms with Gasteiger partial charge in [0.15, 0.2) is 0 Å². The summed E-state index contributed by atoms with van der Waals surface area (Å²) in [5.41, 5.74) is 0. The van der Waals surface area contributed by atoms with E-state index in [4.69, 9.17) is 4.74 Å². The van der Waals surface area contributed by atoms with E-state index in [0.717, 1.165) is 10.2 Å². The first-order valence-electron chi connectivity index (χ1n) is 6.51. The van der Waals surface area contributed by atoms with Crippen molar-refractivity contribution < 1.29 is 14.3 Å². The van der Waals surface area contributed by atoms with E-state index < -0.39 is 0 Å². The fourth-order valence-corrected chi connectivity index (χ4v) is 2.37. The van der Waals surface area contributed by atoms with Gasteiger partial charge in [0.25, 0.3) is 0 Å². The molecule has 1 aromatic carbocycles. The van der Waals surface area contributed by atoms with Crippen LogP contribution in [0.25, 0.3) is 0 Å². The van der Waals surface area contributed by atoms with Crippen molar-refractivity contribution in [3.63, 3.8) is 0 Å². The van der Waals surface area contributed by atoms with Crippen LogP contribution < -0.4 is 10.1 Å². The molecular formula is C14H17BrN2O3. The van der Waals surface area contributed by atoms with Crippen molar-refractivity contribution in [2.75, 3.05) is 19.7 Å². The predicted octanol–water partition coefficient (Wildman–Crippen LogP) is 1.56. The predicted molar refractivity (Wildman–Crippen MR) is 78.4 cm³/mol. The zero-order valence-corrected chi connectivity index (χ0v) is 12.9. The van der Waals surface area contributed by atoms with Crippen molar-refractivity contribution >= 4 is 27.7 Å². The fourth-order valence-electron chi connectivity index (χ4n) is 2.11. The molecule has 0 radical (unpaired) electrons. The molecule has 0 aliphatic carbocycles. The number of carbonyl (C=O) groups excluding carboxylic acids is 2. The molecule has 1 aliphatic rings. The number of nitrogens with one attached hydrogen (secondary N) is 1. The summed E-state index contributed by atoms with van der Waals surface area (Å²) in [6.45, 7) is 2.83. The molecule has 0 aromatic heterocycles. The standard InChI is InChI=1S/C14H17BrN2O3/c1-10-8-13(18)16-9-14(19)17(10)6-7-20-12-4-2-11(15)3-5-12/h2-5,10H,6-9H2,1H3,(H,16,18). The minimum Gasteiger partial charge on any atom is -0.492 e. The van der Waals surface area contributed by atoms with Crippen molar-refractivity contribution in [3.8, 4) is 5.75 Å². The molecule has 1 aromatic rings. The Labute approximate surface area is 126 Å². The number of hydrogen-bond donors (Lipinski definition) is 1. The third kappa shape index (κ3) is 3.96. The van der Waals surface area contributed by atoms with Crippen LogP contribution in [-0.2, 0) is 9.59 Å². The first-order valence-corrected chi connectivity index (χ1v) is 7.30. The lowest BCUT2D eigenvalue weighted by Gasteiger charge is -2.26. The maximum atomic E-state index is 11.9. The Hall–Kier alpha value is -1.56. The maximum Gasteiger partial charge on any atom is 0.242 e. The van der Waals surface area contributed by atoms with Gasteiger partial charge in [-0.3, -0.25) is 9.59 Å². The van der Waals surface area contributed by atoms with E-state index in [1.807, 2.05) is 31.2 Å². The van der Waals surface area contributed by atoms with Crippen LogP contribution in [0.5, 0.6) is 5.75 Å². The molecule has 1 heterocycles. The highest BCUT2D eigenvalue weighted by molar-refractivity contribution is 9.10. The van der Waals surface area contributed by atoms with Crippen LogP contribution in [0.2, 0.25) is 0 Å². The first-order chi connectivity index (χ1) is 9.56. The number of nitrogens with zero attached hydrogens (tertiary/aromatic N) is 1. The molecule has 1 unspecified atom stereocenters. The summed E-state index contributed by atoms with van der Waals surface area (Å²) >= 11 is 3.36. The summed E-state index contributed by atoms with van der Waals surface area (Å²) in [4.78, 5) is 25.0. The van der Waals surface area contributed by atoms with Crippen LogP contribution in [0.3, 0.4) is 0 Å². The van der Waals surface area contributed by atoms with Crippen molar-refractivity contribution in [1.29, 1.82) is 0 Å². The van der Waals surface area contributed by atoms with Crippen molar-refractivity contribution in [3.05, 3.63) is 28.7 Å². The fraction of sp³-hybridized carbons (Fsp3) is 0.429. The van der Waals surface area contributed by atoms with Crippen LogP contribution in [0.4, 0.5) is 0 Å². The highest BCUT2D eigenvalue weighted by atomic mass is 79.9. The molecule has 1 atom stereocenters. The Morgan fingerprint density at radius 3 is 2.75 bits per heavy atom. The molecule has 2 amide bonds. The average molecular weight is 341 g/mol. The van der Waals surface area contributed by atoms with Gasteiger partial charge in [0, 0.05) is 16.9 Å². The van der Waals surface area contributed by atoms with Crippen LogP contribution in [0, 0.1) is 0 Å². The highest BCUT2D eigenvalue weighted by Gasteiger charge is 2.26. The number of hydrogen-bond acceptors (Lipinski definition) is 3. The van der Waals surface area contributed by atoms with Gasteiger partial charge in [0.1, 0.15) is 12.4 Å². The Morgan fingerprint density at radius 1 is 1.35 bits per heavy atom. The molecule has 5 nitrogen and oxygen atoms in total. The second kappa shape index (κ2) is 6.74. The molecule has 1 aliphatic heterocycles. The zero-order valence-electron chi connectivity index (χ0n) is 11.3. The Bertz CT molecular complexity index is 490. The maximum absolute atomic E-state index is 11.9. The van der Waals surface area contributed by atoms with Crippen molar-refractivity contribution in [2.45, 2.75) is 19.4 Å². The molecule has 6 heteroatoms. The summed E-state index contributed by atoms with van der Waals surface area (Å²) in [5.74, 6) is 0.613. The van der Waals surface area contributed by atoms with E-state index in [1.165, 1.54) is 0 Å². The van der Waals surface area contributed by atoms with Crippen LogP contribution >= 0.6 is 15.9 Å². The van der Waals surface area contributed by atoms with Gasteiger partial charge in [-0.15, -0.1) is 0 Å². The van der Waals surface area contributed by atoms with Crippen LogP contribution in [-0.4, -0.2) is 42.5 Å². The summed E-state index contributed by atoms with van der Waals surface area (Å²) in [7, 11) is 0. The van der Waals surface area contributed by atoms with E-state index in [0.29, 0.717) is 19.6 Å². The highest BCUT2D eigenvalue weighted by Crippen LogP contribution is 2.16. The largest absolute Gasteiger partial charge is 0.492 e. The summed E-state index contributed by atoms with van der Waals surface area (Å²) in [5, 5.41) is 2.59. The van der Waals surface area contributed by atoms with Crippen molar-refractivity contribution in [2.24, 2.45) is 0 Å². The second-order valence-electron chi connectivity index (χ2n) is 4.72. The molecule has 2 rings (SSSR count). The second-order valence-corrected chi connectivity index (χ2v) is 5.64. The zero-order chi connectivity index (χ0) is 14.5. The summed E-state index contributed by atoms with van der Waals surface area (Å²) in [6, 6.07) is 7.43. The lowest BCUT2D eigenvalue weighted by Crippen LogP contribution is -2.42. The lowest BCUT2D eigenvalue weighted by molar-refractivity contribution is -0.131. The Balaban J connectivity index is 1.87. The minimum absolute atomic E-state index is 0.0669. The molecule has 0 bridgehead atoms. The molecule has 20 heavy (non-hydrogen) atoms. The van der Waals surface area contributed by atoms with Gasteiger partial charge in [0.05, 0.1) is 13.1 Å². The average Bonchev–Trinajstić information content (AvgIpc) is 2.53. The number of carbonyl (C=O) groups is 2. The third-order valence-electron chi connectivity index (χ3n) is 3.18. The molecule has 1 N–H and O–H groups in total. The van der Waals surface area contributed by atoms with Gasteiger partial charge in [-0.1, -0.05) is 15.9 Å². The van der Waals surface area contributed by atoms with E-state index in [9.17, 15) is 9.59 Å². The smallest absolute Gasteiger partial charge is 0.242 e. The lowest BCUT2D eigenvalue weighted by atomic mass is 10.2. The third-order valence-corrected chi connectivity index (χ3v) is 3.71. The molecular weight excluding hydrogens is 324 g/mol. The van der Waals surface area contributed by atoms with Crippen LogP contribution in [0.1, 0.15) is 13.3 Å². The summed E-state index contributed by atoms with van der Waals surface area (Å²) in [6.07, 6.45) is 0.337. The number of rotatable bonds is 4. The van der Waals surface area contributed by atoms with E-state index in [-0.39, 0.29) is 24.4 Å². The Kier molecular flexibility index (Phi) is 5.00. The molecule has 0 spiro atoms. The number of halogens is 1. The van der Waals surface area contributed by atoms with Gasteiger partial charge in [0.2, 0.25) is 11.8 Å². The van der Waals surface area contributed by atoms with Crippen molar-refractivity contribution in [1.82, 2.24) is 10.2 Å². The van der Waals surface area contributed by atoms with E-state index in [1.54, 1.807) is 4.90 Å². The first kappa shape index (κ1) is 14.8.